The predicted molar refractivity (Wildman–Crippen MR) is 96.8 cm³/mol. The second-order valence-corrected chi connectivity index (χ2v) is 8.08. The van der Waals surface area contributed by atoms with Crippen LogP contribution in [0.5, 0.6) is 0 Å². The molecule has 2 aromatic rings. The number of carbonyl (C=O) groups excluding carboxylic acids is 1. The number of hydrogen-bond donors (Lipinski definition) is 1. The maximum Gasteiger partial charge on any atom is 0.238 e. The molecule has 0 saturated carbocycles. The first-order valence-electron chi connectivity index (χ1n) is 7.31. The Labute approximate surface area is 150 Å². The molecule has 0 bridgehead atoms. The van der Waals surface area contributed by atoms with Crippen molar-refractivity contribution in [2.75, 3.05) is 7.05 Å². The second-order valence-electron chi connectivity index (χ2n) is 5.60. The molecule has 0 aromatic heterocycles. The quantitative estimate of drug-likeness (QED) is 0.822. The van der Waals surface area contributed by atoms with E-state index in [-0.39, 0.29) is 16.8 Å². The number of benzene rings is 2. The summed E-state index contributed by atoms with van der Waals surface area (Å²) in [5, 5.41) is 5.09. The minimum absolute atomic E-state index is 0.0136. The highest BCUT2D eigenvalue weighted by Crippen LogP contribution is 2.21. The fourth-order valence-corrected chi connectivity index (χ4v) is 3.06. The fourth-order valence-electron chi connectivity index (χ4n) is 2.28. The van der Waals surface area contributed by atoms with Crippen LogP contribution in [0.2, 0.25) is 0 Å². The summed E-state index contributed by atoms with van der Waals surface area (Å²) in [5.41, 5.74) is 1.78. The van der Waals surface area contributed by atoms with Gasteiger partial charge >= 0.3 is 0 Å². The van der Waals surface area contributed by atoms with E-state index in [0.29, 0.717) is 6.42 Å². The summed E-state index contributed by atoms with van der Waals surface area (Å²) >= 11 is 3.37. The molecule has 0 spiro atoms. The molecule has 0 aliphatic heterocycles. The zero-order valence-corrected chi connectivity index (χ0v) is 15.8. The highest BCUT2D eigenvalue weighted by Gasteiger charge is 2.18. The molecule has 0 fully saturated rings. The zero-order chi connectivity index (χ0) is 17.9. The molecule has 0 heterocycles. The Morgan fingerprint density at radius 1 is 1.12 bits per heavy atom. The highest BCUT2D eigenvalue weighted by molar-refractivity contribution is 9.10. The van der Waals surface area contributed by atoms with E-state index in [1.807, 2.05) is 31.2 Å². The van der Waals surface area contributed by atoms with Crippen LogP contribution < -0.4 is 5.14 Å². The van der Waals surface area contributed by atoms with Crippen LogP contribution in [-0.4, -0.2) is 26.3 Å². The topological polar surface area (TPSA) is 80.5 Å². The Kier molecular flexibility index (Phi) is 5.79. The minimum Gasteiger partial charge on any atom is -0.339 e. The second kappa shape index (κ2) is 7.46. The number of likely N-dealkylation sites (N-methyl/N-ethyl adjacent to an activating group) is 1. The van der Waals surface area contributed by atoms with Crippen LogP contribution in [0.1, 0.15) is 24.1 Å². The maximum atomic E-state index is 12.4. The summed E-state index contributed by atoms with van der Waals surface area (Å²) in [4.78, 5) is 14.1. The van der Waals surface area contributed by atoms with Crippen LogP contribution in [0, 0.1) is 0 Å². The van der Waals surface area contributed by atoms with Crippen molar-refractivity contribution in [2.24, 2.45) is 5.14 Å². The Morgan fingerprint density at radius 3 is 2.17 bits per heavy atom. The van der Waals surface area contributed by atoms with Crippen LogP contribution in [0.25, 0.3) is 0 Å². The minimum atomic E-state index is -3.71. The van der Waals surface area contributed by atoms with Crippen molar-refractivity contribution < 1.29 is 13.2 Å². The smallest absolute Gasteiger partial charge is 0.238 e. The van der Waals surface area contributed by atoms with Gasteiger partial charge in [0.25, 0.3) is 0 Å². The van der Waals surface area contributed by atoms with Gasteiger partial charge in [0.15, 0.2) is 0 Å². The normalized spacial score (nSPS) is 12.7. The lowest BCUT2D eigenvalue weighted by Crippen LogP contribution is -2.31. The van der Waals surface area contributed by atoms with Gasteiger partial charge < -0.3 is 4.90 Å². The van der Waals surface area contributed by atoms with Crippen molar-refractivity contribution in [2.45, 2.75) is 24.3 Å². The number of hydrogen-bond acceptors (Lipinski definition) is 3. The Bertz CT molecular complexity index is 818. The number of nitrogens with zero attached hydrogens (tertiary/aromatic N) is 1. The van der Waals surface area contributed by atoms with E-state index in [4.69, 9.17) is 5.14 Å². The summed E-state index contributed by atoms with van der Waals surface area (Å²) in [6.07, 6.45) is 0.309. The third-order valence-electron chi connectivity index (χ3n) is 3.93. The van der Waals surface area contributed by atoms with E-state index in [1.54, 1.807) is 24.1 Å². The average Bonchev–Trinajstić information content (AvgIpc) is 2.55. The monoisotopic (exact) mass is 410 g/mol. The average molecular weight is 411 g/mol. The molecule has 0 radical (unpaired) electrons. The standard InChI is InChI=1S/C17H19BrN2O3S/c1-12(14-5-9-16(10-6-14)24(19,22)23)20(2)17(21)11-13-3-7-15(18)8-4-13/h3-10,12H,11H2,1-2H3,(H2,19,22,23)/t12-/m1/s1. The summed E-state index contributed by atoms with van der Waals surface area (Å²) in [7, 11) is -1.97. The Balaban J connectivity index is 2.09. The van der Waals surface area contributed by atoms with Gasteiger partial charge in [0.05, 0.1) is 17.4 Å². The van der Waals surface area contributed by atoms with Crippen LogP contribution in [0.3, 0.4) is 0 Å². The molecule has 0 saturated heterocycles. The van der Waals surface area contributed by atoms with E-state index < -0.39 is 10.0 Å². The van der Waals surface area contributed by atoms with Gasteiger partial charge in [-0.2, -0.15) is 0 Å². The van der Waals surface area contributed by atoms with Crippen LogP contribution >= 0.6 is 15.9 Å². The van der Waals surface area contributed by atoms with E-state index in [2.05, 4.69) is 15.9 Å². The van der Waals surface area contributed by atoms with Crippen molar-refractivity contribution in [3.63, 3.8) is 0 Å². The fraction of sp³-hybridized carbons (Fsp3) is 0.235. The molecular weight excluding hydrogens is 392 g/mol. The lowest BCUT2D eigenvalue weighted by molar-refractivity contribution is -0.131. The van der Waals surface area contributed by atoms with Gasteiger partial charge in [-0.3, -0.25) is 4.79 Å². The summed E-state index contributed by atoms with van der Waals surface area (Å²) in [6.45, 7) is 1.89. The van der Waals surface area contributed by atoms with Gasteiger partial charge in [0.1, 0.15) is 0 Å². The van der Waals surface area contributed by atoms with Gasteiger partial charge in [-0.05, 0) is 42.3 Å². The van der Waals surface area contributed by atoms with E-state index >= 15 is 0 Å². The molecule has 1 amide bonds. The molecular formula is C17H19BrN2O3S. The highest BCUT2D eigenvalue weighted by atomic mass is 79.9. The number of amides is 1. The van der Waals surface area contributed by atoms with E-state index in [9.17, 15) is 13.2 Å². The van der Waals surface area contributed by atoms with E-state index in [1.165, 1.54) is 12.1 Å². The van der Waals surface area contributed by atoms with Gasteiger partial charge in [-0.1, -0.05) is 40.2 Å². The first kappa shape index (κ1) is 18.6. The summed E-state index contributed by atoms with van der Waals surface area (Å²) in [6, 6.07) is 13.7. The Morgan fingerprint density at radius 2 is 1.67 bits per heavy atom. The van der Waals surface area contributed by atoms with Gasteiger partial charge in [0.2, 0.25) is 15.9 Å². The largest absolute Gasteiger partial charge is 0.339 e. The molecule has 1 atom stereocenters. The van der Waals surface area contributed by atoms with Crippen molar-refractivity contribution in [3.05, 3.63) is 64.1 Å². The number of halogens is 1. The van der Waals surface area contributed by atoms with Crippen LogP contribution in [0.15, 0.2) is 57.9 Å². The summed E-state index contributed by atoms with van der Waals surface area (Å²) < 4.78 is 23.6. The third-order valence-corrected chi connectivity index (χ3v) is 5.39. The lowest BCUT2D eigenvalue weighted by atomic mass is 10.1. The zero-order valence-electron chi connectivity index (χ0n) is 13.4. The number of rotatable bonds is 5. The maximum absolute atomic E-state index is 12.4. The number of nitrogens with two attached hydrogens (primary N) is 1. The molecule has 0 unspecified atom stereocenters. The molecule has 5 nitrogen and oxygen atoms in total. The van der Waals surface area contributed by atoms with Gasteiger partial charge in [-0.25, -0.2) is 13.6 Å². The van der Waals surface area contributed by atoms with Crippen LogP contribution in [-0.2, 0) is 21.2 Å². The van der Waals surface area contributed by atoms with Crippen molar-refractivity contribution >= 4 is 31.9 Å². The predicted octanol–water partition coefficient (Wildman–Crippen LogP) is 2.86. The number of primary sulfonamides is 1. The first-order chi connectivity index (χ1) is 11.2. The third kappa shape index (κ3) is 4.66. The molecule has 128 valence electrons. The number of carbonyl (C=O) groups is 1. The molecule has 7 heteroatoms. The molecule has 2 N–H and O–H groups in total. The first-order valence-corrected chi connectivity index (χ1v) is 9.65. The molecule has 2 rings (SSSR count). The lowest BCUT2D eigenvalue weighted by Gasteiger charge is -2.25. The summed E-state index contributed by atoms with van der Waals surface area (Å²) in [5.74, 6) is -0.0136. The van der Waals surface area contributed by atoms with Gasteiger partial charge in [0, 0.05) is 11.5 Å². The SMILES string of the molecule is C[C@H](c1ccc(S(N)(=O)=O)cc1)N(C)C(=O)Cc1ccc(Br)cc1. The van der Waals surface area contributed by atoms with Gasteiger partial charge in [-0.15, -0.1) is 0 Å². The molecule has 0 aliphatic rings. The molecule has 24 heavy (non-hydrogen) atoms. The molecule has 2 aromatic carbocycles. The van der Waals surface area contributed by atoms with Crippen LogP contribution in [0.4, 0.5) is 0 Å². The molecule has 0 aliphatic carbocycles. The Hall–Kier alpha value is -1.70. The van der Waals surface area contributed by atoms with Crippen molar-refractivity contribution in [3.8, 4) is 0 Å². The van der Waals surface area contributed by atoms with E-state index in [0.717, 1.165) is 15.6 Å². The van der Waals surface area contributed by atoms with Crippen molar-refractivity contribution in [1.82, 2.24) is 4.90 Å². The van der Waals surface area contributed by atoms with Crippen molar-refractivity contribution in [1.29, 1.82) is 0 Å². The number of sulfonamides is 1.